The van der Waals surface area contributed by atoms with E-state index in [4.69, 9.17) is 10.5 Å². The van der Waals surface area contributed by atoms with Gasteiger partial charge in [-0.15, -0.1) is 11.8 Å². The smallest absolute Gasteiger partial charge is 0.329 e. The minimum absolute atomic E-state index is 0.102. The summed E-state index contributed by atoms with van der Waals surface area (Å²) in [5.41, 5.74) is 5.79. The van der Waals surface area contributed by atoms with Crippen molar-refractivity contribution in [1.29, 1.82) is 0 Å². The van der Waals surface area contributed by atoms with Crippen molar-refractivity contribution in [3.8, 4) is 0 Å². The Balaban J connectivity index is 2.20. The maximum absolute atomic E-state index is 12.0. The summed E-state index contributed by atoms with van der Waals surface area (Å²) in [5, 5.41) is 0.102. The molecule has 0 unspecified atom stereocenters. The van der Waals surface area contributed by atoms with Crippen LogP contribution >= 0.6 is 11.8 Å². The number of carbonyl (C=O) groups excluding carboxylic acids is 2. The number of rotatable bonds is 1. The summed E-state index contributed by atoms with van der Waals surface area (Å²) < 4.78 is 4.72. The van der Waals surface area contributed by atoms with Gasteiger partial charge in [-0.3, -0.25) is 4.79 Å². The van der Waals surface area contributed by atoms with E-state index >= 15 is 0 Å². The van der Waals surface area contributed by atoms with E-state index in [0.29, 0.717) is 12.2 Å². The number of hydrogen-bond acceptors (Lipinski definition) is 5. The Hall–Kier alpha value is -0.750. The fraction of sp³-hybridized carbons (Fsp3) is 0.800. The summed E-state index contributed by atoms with van der Waals surface area (Å²) in [6.45, 7) is 0. The average molecular weight is 244 g/mol. The van der Waals surface area contributed by atoms with Crippen LogP contribution in [0.3, 0.4) is 0 Å². The monoisotopic (exact) mass is 244 g/mol. The molecule has 0 spiro atoms. The Morgan fingerprint density at radius 1 is 1.56 bits per heavy atom. The van der Waals surface area contributed by atoms with E-state index in [-0.39, 0.29) is 17.3 Å². The molecule has 0 aliphatic carbocycles. The van der Waals surface area contributed by atoms with Crippen LogP contribution < -0.4 is 5.73 Å². The largest absolute Gasteiger partial charge is 0.467 e. The first-order valence-electron chi connectivity index (χ1n) is 5.42. The third-order valence-corrected chi connectivity index (χ3v) is 4.46. The SMILES string of the molecule is COC(=O)[C@H]1CS[C@@H]2CCC[C@@H](N)C(=O)N12. The summed E-state index contributed by atoms with van der Waals surface area (Å²) in [5.74, 6) is 0.177. The first kappa shape index (κ1) is 11.7. The molecule has 0 aromatic carbocycles. The lowest BCUT2D eigenvalue weighted by Crippen LogP contribution is -2.50. The average Bonchev–Trinajstić information content (AvgIpc) is 2.65. The van der Waals surface area contributed by atoms with Gasteiger partial charge in [0.1, 0.15) is 6.04 Å². The minimum atomic E-state index is -0.462. The maximum atomic E-state index is 12.0. The number of thioether (sulfide) groups is 1. The molecule has 2 rings (SSSR count). The van der Waals surface area contributed by atoms with Gasteiger partial charge >= 0.3 is 5.97 Å². The van der Waals surface area contributed by atoms with Crippen LogP contribution in [0.2, 0.25) is 0 Å². The minimum Gasteiger partial charge on any atom is -0.467 e. The first-order chi connectivity index (χ1) is 7.65. The molecule has 2 saturated heterocycles. The van der Waals surface area contributed by atoms with Crippen LogP contribution in [0.15, 0.2) is 0 Å². The third-order valence-electron chi connectivity index (χ3n) is 3.10. The molecule has 2 N–H and O–H groups in total. The van der Waals surface area contributed by atoms with Crippen molar-refractivity contribution in [3.63, 3.8) is 0 Å². The van der Waals surface area contributed by atoms with Crippen molar-refractivity contribution >= 4 is 23.6 Å². The molecule has 0 saturated carbocycles. The number of esters is 1. The Morgan fingerprint density at radius 2 is 2.31 bits per heavy atom. The second-order valence-electron chi connectivity index (χ2n) is 4.11. The Morgan fingerprint density at radius 3 is 3.00 bits per heavy atom. The quantitative estimate of drug-likeness (QED) is 0.654. The molecule has 2 aliphatic rings. The van der Waals surface area contributed by atoms with Gasteiger partial charge in [0.05, 0.1) is 18.5 Å². The summed E-state index contributed by atoms with van der Waals surface area (Å²) >= 11 is 1.65. The Labute approximate surface area is 98.7 Å². The highest BCUT2D eigenvalue weighted by molar-refractivity contribution is 8.00. The molecule has 6 heteroatoms. The highest BCUT2D eigenvalue weighted by Crippen LogP contribution is 2.35. The highest BCUT2D eigenvalue weighted by atomic mass is 32.2. The zero-order valence-corrected chi connectivity index (χ0v) is 10.0. The maximum Gasteiger partial charge on any atom is 0.329 e. The van der Waals surface area contributed by atoms with Crippen LogP contribution in [0.1, 0.15) is 19.3 Å². The summed E-state index contributed by atoms with van der Waals surface area (Å²) in [4.78, 5) is 25.2. The molecule has 0 radical (unpaired) electrons. The lowest BCUT2D eigenvalue weighted by molar-refractivity contribution is -0.151. The molecule has 16 heavy (non-hydrogen) atoms. The predicted octanol–water partition coefficient (Wildman–Crippen LogP) is -0.0593. The lowest BCUT2D eigenvalue weighted by atomic mass is 10.1. The zero-order chi connectivity index (χ0) is 11.7. The number of fused-ring (bicyclic) bond motifs is 1. The van der Waals surface area contributed by atoms with Gasteiger partial charge in [0.25, 0.3) is 0 Å². The van der Waals surface area contributed by atoms with Crippen LogP contribution in [0, 0.1) is 0 Å². The fourth-order valence-electron chi connectivity index (χ4n) is 2.23. The molecule has 5 nitrogen and oxygen atoms in total. The van der Waals surface area contributed by atoms with Gasteiger partial charge in [0.15, 0.2) is 0 Å². The standard InChI is InChI=1S/C10H16N2O3S/c1-15-10(14)7-5-16-8-4-2-3-6(11)9(13)12(7)8/h6-8H,2-5,11H2,1H3/t6-,7-,8-/m1/s1. The van der Waals surface area contributed by atoms with Gasteiger partial charge in [-0.2, -0.15) is 0 Å². The van der Waals surface area contributed by atoms with E-state index in [2.05, 4.69) is 0 Å². The highest BCUT2D eigenvalue weighted by Gasteiger charge is 2.44. The number of hydrogen-bond donors (Lipinski definition) is 1. The van der Waals surface area contributed by atoms with Gasteiger partial charge in [0, 0.05) is 5.75 Å². The van der Waals surface area contributed by atoms with Crippen LogP contribution in [0.5, 0.6) is 0 Å². The van der Waals surface area contributed by atoms with Crippen molar-refractivity contribution in [2.45, 2.75) is 36.7 Å². The molecule has 3 atom stereocenters. The second kappa shape index (κ2) is 4.63. The number of nitrogens with zero attached hydrogens (tertiary/aromatic N) is 1. The van der Waals surface area contributed by atoms with Crippen LogP contribution in [-0.4, -0.2) is 47.1 Å². The van der Waals surface area contributed by atoms with E-state index in [1.165, 1.54) is 7.11 Å². The van der Waals surface area contributed by atoms with Crippen molar-refractivity contribution in [2.24, 2.45) is 5.73 Å². The van der Waals surface area contributed by atoms with Crippen molar-refractivity contribution < 1.29 is 14.3 Å². The van der Waals surface area contributed by atoms with E-state index in [0.717, 1.165) is 12.8 Å². The molecule has 0 aromatic heterocycles. The summed E-state index contributed by atoms with van der Waals surface area (Å²) in [6, 6.07) is -0.910. The van der Waals surface area contributed by atoms with Crippen LogP contribution in [-0.2, 0) is 14.3 Å². The van der Waals surface area contributed by atoms with Crippen molar-refractivity contribution in [2.75, 3.05) is 12.9 Å². The molecule has 2 fully saturated rings. The van der Waals surface area contributed by atoms with E-state index in [1.807, 2.05) is 0 Å². The molecule has 0 bridgehead atoms. The van der Waals surface area contributed by atoms with Gasteiger partial charge in [-0.05, 0) is 19.3 Å². The second-order valence-corrected chi connectivity index (χ2v) is 5.32. The van der Waals surface area contributed by atoms with Gasteiger partial charge in [-0.25, -0.2) is 4.79 Å². The predicted molar refractivity (Wildman–Crippen MR) is 60.7 cm³/mol. The third kappa shape index (κ3) is 1.91. The van der Waals surface area contributed by atoms with Crippen molar-refractivity contribution in [1.82, 2.24) is 4.90 Å². The van der Waals surface area contributed by atoms with E-state index in [9.17, 15) is 9.59 Å². The normalized spacial score (nSPS) is 34.5. The molecule has 1 amide bonds. The summed E-state index contributed by atoms with van der Waals surface area (Å²) in [7, 11) is 1.35. The van der Waals surface area contributed by atoms with Crippen LogP contribution in [0.4, 0.5) is 0 Å². The molecule has 0 aromatic rings. The number of nitrogens with two attached hydrogens (primary N) is 1. The van der Waals surface area contributed by atoms with E-state index in [1.54, 1.807) is 16.7 Å². The first-order valence-corrected chi connectivity index (χ1v) is 6.47. The number of amides is 1. The van der Waals surface area contributed by atoms with Crippen LogP contribution in [0.25, 0.3) is 0 Å². The molecule has 2 heterocycles. The van der Waals surface area contributed by atoms with Gasteiger partial charge in [-0.1, -0.05) is 0 Å². The number of ether oxygens (including phenoxy) is 1. The van der Waals surface area contributed by atoms with E-state index < -0.39 is 12.1 Å². The molecule has 90 valence electrons. The topological polar surface area (TPSA) is 72.6 Å². The fourth-order valence-corrected chi connectivity index (χ4v) is 3.67. The Kier molecular flexibility index (Phi) is 3.39. The Bertz CT molecular complexity index is 310. The van der Waals surface area contributed by atoms with Gasteiger partial charge in [0.2, 0.25) is 5.91 Å². The molecular formula is C10H16N2O3S. The molecular weight excluding hydrogens is 228 g/mol. The number of carbonyl (C=O) groups is 2. The lowest BCUT2D eigenvalue weighted by Gasteiger charge is -2.27. The van der Waals surface area contributed by atoms with Gasteiger partial charge < -0.3 is 15.4 Å². The summed E-state index contributed by atoms with van der Waals surface area (Å²) in [6.07, 6.45) is 2.56. The number of methoxy groups -OCH3 is 1. The van der Waals surface area contributed by atoms with Crippen molar-refractivity contribution in [3.05, 3.63) is 0 Å². The zero-order valence-electron chi connectivity index (χ0n) is 9.22. The molecule has 2 aliphatic heterocycles.